The summed E-state index contributed by atoms with van der Waals surface area (Å²) < 4.78 is 0. The van der Waals surface area contributed by atoms with Crippen molar-refractivity contribution in [1.29, 1.82) is 0 Å². The molecule has 2 rings (SSSR count). The fourth-order valence-corrected chi connectivity index (χ4v) is 1.54. The number of hydrogen-bond acceptors (Lipinski definition) is 3. The van der Waals surface area contributed by atoms with Crippen LogP contribution in [0, 0.1) is 0 Å². The number of rotatable bonds is 3. The van der Waals surface area contributed by atoms with Crippen molar-refractivity contribution >= 4 is 22.9 Å². The van der Waals surface area contributed by atoms with Gasteiger partial charge in [0.1, 0.15) is 5.82 Å². The summed E-state index contributed by atoms with van der Waals surface area (Å²) in [4.78, 5) is 8.96. The second-order valence-corrected chi connectivity index (χ2v) is 3.75. The molecule has 0 atom stereocenters. The van der Waals surface area contributed by atoms with Crippen molar-refractivity contribution in [1.82, 2.24) is 9.97 Å². The van der Waals surface area contributed by atoms with Crippen molar-refractivity contribution < 1.29 is 0 Å². The highest BCUT2D eigenvalue weighted by molar-refractivity contribution is 7.80. The van der Waals surface area contributed by atoms with Crippen LogP contribution in [-0.2, 0) is 6.42 Å². The molecule has 0 saturated heterocycles. The highest BCUT2D eigenvalue weighted by atomic mass is 32.1. The molecule has 3 nitrogen and oxygen atoms in total. The number of para-hydroxylation sites is 1. The van der Waals surface area contributed by atoms with Crippen LogP contribution in [0.3, 0.4) is 0 Å². The zero-order chi connectivity index (χ0) is 11.2. The van der Waals surface area contributed by atoms with E-state index in [1.165, 1.54) is 0 Å². The van der Waals surface area contributed by atoms with E-state index in [4.69, 9.17) is 12.2 Å². The maximum Gasteiger partial charge on any atom is 0.134 e. The van der Waals surface area contributed by atoms with Gasteiger partial charge in [0.25, 0.3) is 0 Å². The van der Waals surface area contributed by atoms with Crippen LogP contribution in [0.15, 0.2) is 48.8 Å². The van der Waals surface area contributed by atoms with E-state index in [-0.39, 0.29) is 0 Å². The van der Waals surface area contributed by atoms with Crippen molar-refractivity contribution in [2.75, 3.05) is 5.32 Å². The standard InChI is InChI=1S/C12H11N3S/c16-12(9-11-13-7-4-8-14-11)15-10-5-2-1-3-6-10/h1-8H,9H2,(H,15,16). The number of nitrogens with one attached hydrogen (secondary N) is 1. The Morgan fingerprint density at radius 1 is 1.06 bits per heavy atom. The molecule has 0 spiro atoms. The molecule has 0 aliphatic carbocycles. The van der Waals surface area contributed by atoms with E-state index in [1.54, 1.807) is 18.5 Å². The van der Waals surface area contributed by atoms with Gasteiger partial charge in [-0.15, -0.1) is 0 Å². The molecule has 0 saturated carbocycles. The smallest absolute Gasteiger partial charge is 0.134 e. The van der Waals surface area contributed by atoms with Crippen molar-refractivity contribution in [3.8, 4) is 0 Å². The molecule has 0 aliphatic rings. The summed E-state index contributed by atoms with van der Waals surface area (Å²) in [6, 6.07) is 11.6. The summed E-state index contributed by atoms with van der Waals surface area (Å²) in [5.74, 6) is 0.732. The summed E-state index contributed by atoms with van der Waals surface area (Å²) in [7, 11) is 0. The second-order valence-electron chi connectivity index (χ2n) is 3.26. The van der Waals surface area contributed by atoms with Gasteiger partial charge < -0.3 is 5.32 Å². The van der Waals surface area contributed by atoms with Gasteiger partial charge in [0, 0.05) is 18.1 Å². The van der Waals surface area contributed by atoms with E-state index < -0.39 is 0 Å². The van der Waals surface area contributed by atoms with E-state index in [9.17, 15) is 0 Å². The topological polar surface area (TPSA) is 37.8 Å². The maximum absolute atomic E-state index is 5.23. The molecule has 80 valence electrons. The molecule has 0 fully saturated rings. The lowest BCUT2D eigenvalue weighted by Gasteiger charge is -2.06. The Morgan fingerprint density at radius 3 is 2.44 bits per heavy atom. The molecule has 16 heavy (non-hydrogen) atoms. The van der Waals surface area contributed by atoms with E-state index in [2.05, 4.69) is 15.3 Å². The quantitative estimate of drug-likeness (QED) is 0.820. The summed E-state index contributed by atoms with van der Waals surface area (Å²) in [5.41, 5.74) is 0.989. The first-order chi connectivity index (χ1) is 7.84. The molecule has 1 heterocycles. The molecule has 0 aliphatic heterocycles. The third-order valence-electron chi connectivity index (χ3n) is 2.00. The lowest BCUT2D eigenvalue weighted by molar-refractivity contribution is 1.01. The van der Waals surface area contributed by atoms with Gasteiger partial charge in [-0.2, -0.15) is 0 Å². The van der Waals surface area contributed by atoms with Crippen LogP contribution in [-0.4, -0.2) is 15.0 Å². The normalized spacial score (nSPS) is 9.75. The number of hydrogen-bond donors (Lipinski definition) is 1. The number of thiocarbonyl (C=S) groups is 1. The van der Waals surface area contributed by atoms with Gasteiger partial charge >= 0.3 is 0 Å². The minimum Gasteiger partial charge on any atom is -0.350 e. The predicted molar refractivity (Wildman–Crippen MR) is 68.4 cm³/mol. The zero-order valence-corrected chi connectivity index (χ0v) is 9.45. The van der Waals surface area contributed by atoms with Crippen molar-refractivity contribution in [2.45, 2.75) is 6.42 Å². The van der Waals surface area contributed by atoms with Crippen LogP contribution in [0.2, 0.25) is 0 Å². The number of aromatic nitrogens is 2. The van der Waals surface area contributed by atoms with Crippen molar-refractivity contribution in [3.05, 3.63) is 54.6 Å². The van der Waals surface area contributed by atoms with E-state index >= 15 is 0 Å². The first-order valence-electron chi connectivity index (χ1n) is 4.95. The van der Waals surface area contributed by atoms with Gasteiger partial charge in [-0.1, -0.05) is 30.4 Å². The van der Waals surface area contributed by atoms with Crippen LogP contribution in [0.4, 0.5) is 5.69 Å². The largest absolute Gasteiger partial charge is 0.350 e. The minimum atomic E-state index is 0.561. The van der Waals surface area contributed by atoms with E-state index in [1.807, 2.05) is 30.3 Å². The average molecular weight is 229 g/mol. The van der Waals surface area contributed by atoms with E-state index in [0.29, 0.717) is 6.42 Å². The molecular weight excluding hydrogens is 218 g/mol. The molecule has 0 bridgehead atoms. The molecule has 1 N–H and O–H groups in total. The van der Waals surface area contributed by atoms with Gasteiger partial charge in [-0.05, 0) is 18.2 Å². The highest BCUT2D eigenvalue weighted by Gasteiger charge is 2.01. The third kappa shape index (κ3) is 3.10. The fourth-order valence-electron chi connectivity index (χ4n) is 1.29. The molecule has 1 aromatic heterocycles. The first-order valence-corrected chi connectivity index (χ1v) is 5.36. The maximum atomic E-state index is 5.23. The Balaban J connectivity index is 1.95. The third-order valence-corrected chi connectivity index (χ3v) is 2.24. The molecular formula is C12H11N3S. The minimum absolute atomic E-state index is 0.561. The molecule has 1 aromatic carbocycles. The monoisotopic (exact) mass is 229 g/mol. The van der Waals surface area contributed by atoms with Gasteiger partial charge in [0.2, 0.25) is 0 Å². The predicted octanol–water partition coefficient (Wildman–Crippen LogP) is 2.46. The Bertz CT molecular complexity index is 413. The summed E-state index contributed by atoms with van der Waals surface area (Å²) in [6.45, 7) is 0. The Kier molecular flexibility index (Phi) is 3.56. The van der Waals surface area contributed by atoms with Crippen LogP contribution >= 0.6 is 12.2 Å². The van der Waals surface area contributed by atoms with Gasteiger partial charge in [-0.3, -0.25) is 0 Å². The fraction of sp³-hybridized carbons (Fsp3) is 0.0833. The molecule has 2 aromatic rings. The Hall–Kier alpha value is -1.81. The molecule has 0 amide bonds. The second kappa shape index (κ2) is 5.32. The van der Waals surface area contributed by atoms with Gasteiger partial charge in [0.05, 0.1) is 11.4 Å². The summed E-state index contributed by atoms with van der Waals surface area (Å²) in [6.07, 6.45) is 3.99. The summed E-state index contributed by atoms with van der Waals surface area (Å²) in [5, 5.41) is 3.14. The number of nitrogens with zero attached hydrogens (tertiary/aromatic N) is 2. The lowest BCUT2D eigenvalue weighted by atomic mass is 10.3. The molecule has 0 radical (unpaired) electrons. The van der Waals surface area contributed by atoms with Gasteiger partial charge in [0.15, 0.2) is 0 Å². The lowest BCUT2D eigenvalue weighted by Crippen LogP contribution is -2.13. The summed E-state index contributed by atoms with van der Waals surface area (Å²) >= 11 is 5.23. The van der Waals surface area contributed by atoms with Crippen LogP contribution in [0.1, 0.15) is 5.82 Å². The van der Waals surface area contributed by atoms with Gasteiger partial charge in [-0.25, -0.2) is 9.97 Å². The van der Waals surface area contributed by atoms with Crippen molar-refractivity contribution in [2.24, 2.45) is 0 Å². The Morgan fingerprint density at radius 2 is 1.75 bits per heavy atom. The number of benzene rings is 1. The average Bonchev–Trinajstić information content (AvgIpc) is 2.31. The van der Waals surface area contributed by atoms with Crippen molar-refractivity contribution in [3.63, 3.8) is 0 Å². The van der Waals surface area contributed by atoms with Crippen LogP contribution in [0.5, 0.6) is 0 Å². The van der Waals surface area contributed by atoms with E-state index in [0.717, 1.165) is 16.5 Å². The zero-order valence-electron chi connectivity index (χ0n) is 8.63. The number of anilines is 1. The SMILES string of the molecule is S=C(Cc1ncccn1)Nc1ccccc1. The van der Waals surface area contributed by atoms with Crippen LogP contribution in [0.25, 0.3) is 0 Å². The molecule has 4 heteroatoms. The molecule has 0 unspecified atom stereocenters. The Labute approximate surface area is 99.6 Å². The highest BCUT2D eigenvalue weighted by Crippen LogP contribution is 2.06. The van der Waals surface area contributed by atoms with Crippen LogP contribution < -0.4 is 5.32 Å². The first kappa shape index (κ1) is 10.7.